The lowest BCUT2D eigenvalue weighted by atomic mass is 10.1. The third-order valence-corrected chi connectivity index (χ3v) is 7.04. The summed E-state index contributed by atoms with van der Waals surface area (Å²) in [5, 5.41) is 4.70. The number of carbonyl (C=O) groups is 1. The summed E-state index contributed by atoms with van der Waals surface area (Å²) in [5.41, 5.74) is 4.40. The largest absolute Gasteiger partial charge is 0.493 e. The van der Waals surface area contributed by atoms with E-state index in [0.29, 0.717) is 42.6 Å². The van der Waals surface area contributed by atoms with E-state index in [-0.39, 0.29) is 11.7 Å². The molecule has 0 N–H and O–H groups in total. The first-order chi connectivity index (χ1) is 17.5. The fraction of sp³-hybridized carbons (Fsp3) is 0.407. The van der Waals surface area contributed by atoms with Crippen LogP contribution in [0.3, 0.4) is 0 Å². The summed E-state index contributed by atoms with van der Waals surface area (Å²) in [5.74, 6) is 1.55. The summed E-state index contributed by atoms with van der Waals surface area (Å²) >= 11 is 0. The summed E-state index contributed by atoms with van der Waals surface area (Å²) in [6, 6.07) is 10.1. The first-order valence-corrected chi connectivity index (χ1v) is 12.2. The Balaban J connectivity index is 1.29. The molecule has 1 amide bonds. The number of benzene rings is 2. The molecule has 0 unspecified atom stereocenters. The molecule has 3 aromatic rings. The van der Waals surface area contributed by atoms with E-state index in [4.69, 9.17) is 19.3 Å². The van der Waals surface area contributed by atoms with E-state index in [1.807, 2.05) is 21.7 Å². The second-order valence-electron chi connectivity index (χ2n) is 9.08. The first-order valence-electron chi connectivity index (χ1n) is 12.2. The van der Waals surface area contributed by atoms with Crippen LogP contribution in [0.1, 0.15) is 33.7 Å². The number of rotatable bonds is 7. The maximum Gasteiger partial charge on any atom is 0.274 e. The van der Waals surface area contributed by atoms with Gasteiger partial charge in [-0.3, -0.25) is 9.69 Å². The topological polar surface area (TPSA) is 69.1 Å². The lowest BCUT2D eigenvalue weighted by molar-refractivity contribution is 0.0620. The Morgan fingerprint density at radius 2 is 1.64 bits per heavy atom. The van der Waals surface area contributed by atoms with Crippen molar-refractivity contribution in [3.8, 4) is 22.9 Å². The van der Waals surface area contributed by atoms with Gasteiger partial charge in [0.15, 0.2) is 17.2 Å². The van der Waals surface area contributed by atoms with E-state index in [2.05, 4.69) is 4.90 Å². The normalized spacial score (nSPS) is 15.6. The summed E-state index contributed by atoms with van der Waals surface area (Å²) in [7, 11) is 4.83. The van der Waals surface area contributed by atoms with Gasteiger partial charge in [-0.15, -0.1) is 0 Å². The van der Waals surface area contributed by atoms with Crippen LogP contribution in [0, 0.1) is 5.82 Å². The van der Waals surface area contributed by atoms with Crippen LogP contribution in [0.25, 0.3) is 5.69 Å². The average Bonchev–Trinajstić information content (AvgIpc) is 3.52. The molecule has 2 aliphatic rings. The number of aromatic nitrogens is 2. The van der Waals surface area contributed by atoms with Crippen LogP contribution in [0.5, 0.6) is 17.2 Å². The molecule has 1 aliphatic heterocycles. The van der Waals surface area contributed by atoms with Crippen molar-refractivity contribution in [1.82, 2.24) is 19.6 Å². The third kappa shape index (κ3) is 4.39. The summed E-state index contributed by atoms with van der Waals surface area (Å²) < 4.78 is 31.8. The summed E-state index contributed by atoms with van der Waals surface area (Å²) in [6.07, 6.45) is 2.71. The van der Waals surface area contributed by atoms with E-state index < -0.39 is 0 Å². The smallest absolute Gasteiger partial charge is 0.274 e. The second kappa shape index (κ2) is 10.2. The number of fused-ring (bicyclic) bond motifs is 1. The van der Waals surface area contributed by atoms with Crippen molar-refractivity contribution >= 4 is 5.91 Å². The van der Waals surface area contributed by atoms with E-state index in [9.17, 15) is 9.18 Å². The van der Waals surface area contributed by atoms with E-state index >= 15 is 0 Å². The van der Waals surface area contributed by atoms with Crippen LogP contribution < -0.4 is 14.2 Å². The van der Waals surface area contributed by atoms with Crippen molar-refractivity contribution in [2.24, 2.45) is 0 Å². The summed E-state index contributed by atoms with van der Waals surface area (Å²) in [6.45, 7) is 3.40. The van der Waals surface area contributed by atoms with Gasteiger partial charge in [0.05, 0.1) is 27.0 Å². The molecule has 0 saturated carbocycles. The molecule has 8 nitrogen and oxygen atoms in total. The number of hydrogen-bond donors (Lipinski definition) is 0. The molecule has 0 radical (unpaired) electrons. The molecule has 0 spiro atoms. The van der Waals surface area contributed by atoms with Gasteiger partial charge in [-0.2, -0.15) is 5.10 Å². The number of carbonyl (C=O) groups excluding carboxylic acids is 1. The minimum absolute atomic E-state index is 0.0302. The van der Waals surface area contributed by atoms with Crippen LogP contribution in [0.2, 0.25) is 0 Å². The predicted molar refractivity (Wildman–Crippen MR) is 133 cm³/mol. The van der Waals surface area contributed by atoms with Crippen LogP contribution in [0.15, 0.2) is 36.4 Å². The highest BCUT2D eigenvalue weighted by Gasteiger charge is 2.31. The highest BCUT2D eigenvalue weighted by Crippen LogP contribution is 2.40. The maximum atomic E-state index is 13.5. The van der Waals surface area contributed by atoms with Crippen molar-refractivity contribution in [2.45, 2.75) is 25.8 Å². The zero-order chi connectivity index (χ0) is 25.2. The zero-order valence-electron chi connectivity index (χ0n) is 20.9. The van der Waals surface area contributed by atoms with Crippen molar-refractivity contribution in [2.75, 3.05) is 47.5 Å². The van der Waals surface area contributed by atoms with Crippen LogP contribution in [-0.4, -0.2) is 73.0 Å². The molecule has 2 heterocycles. The fourth-order valence-electron chi connectivity index (χ4n) is 5.19. The maximum absolute atomic E-state index is 13.5. The second-order valence-corrected chi connectivity index (χ2v) is 9.08. The van der Waals surface area contributed by atoms with Gasteiger partial charge in [0.25, 0.3) is 5.91 Å². The molecule has 1 aromatic heterocycles. The van der Waals surface area contributed by atoms with Gasteiger partial charge in [-0.05, 0) is 49.6 Å². The molecule has 1 saturated heterocycles. The third-order valence-electron chi connectivity index (χ3n) is 7.04. The Kier molecular flexibility index (Phi) is 6.82. The number of methoxy groups -OCH3 is 3. The van der Waals surface area contributed by atoms with Crippen LogP contribution in [-0.2, 0) is 19.4 Å². The van der Waals surface area contributed by atoms with E-state index in [1.165, 1.54) is 12.1 Å². The number of amides is 1. The van der Waals surface area contributed by atoms with Crippen molar-refractivity contribution in [1.29, 1.82) is 0 Å². The van der Waals surface area contributed by atoms with Gasteiger partial charge in [0.1, 0.15) is 5.82 Å². The van der Waals surface area contributed by atoms with Gasteiger partial charge in [0.2, 0.25) is 5.75 Å². The summed E-state index contributed by atoms with van der Waals surface area (Å²) in [4.78, 5) is 17.7. The minimum atomic E-state index is -0.289. The number of hydrogen-bond acceptors (Lipinski definition) is 6. The molecule has 5 rings (SSSR count). The quantitative estimate of drug-likeness (QED) is 0.501. The number of nitrogens with zero attached hydrogens (tertiary/aromatic N) is 4. The Hall–Kier alpha value is -3.59. The lowest BCUT2D eigenvalue weighted by Gasteiger charge is -2.34. The molecule has 190 valence electrons. The molecule has 9 heteroatoms. The minimum Gasteiger partial charge on any atom is -0.493 e. The Morgan fingerprint density at radius 3 is 2.31 bits per heavy atom. The highest BCUT2D eigenvalue weighted by atomic mass is 19.1. The van der Waals surface area contributed by atoms with Crippen LogP contribution in [0.4, 0.5) is 4.39 Å². The molecular formula is C27H31FN4O4. The van der Waals surface area contributed by atoms with Gasteiger partial charge in [0, 0.05) is 49.5 Å². The van der Waals surface area contributed by atoms with Crippen LogP contribution >= 0.6 is 0 Å². The van der Waals surface area contributed by atoms with Gasteiger partial charge >= 0.3 is 0 Å². The molecule has 2 aromatic carbocycles. The molecule has 0 atom stereocenters. The molecule has 1 aliphatic carbocycles. The fourth-order valence-corrected chi connectivity index (χ4v) is 5.19. The molecule has 1 fully saturated rings. The number of halogens is 1. The Morgan fingerprint density at radius 1 is 0.917 bits per heavy atom. The van der Waals surface area contributed by atoms with Crippen molar-refractivity contribution < 1.29 is 23.4 Å². The molecular weight excluding hydrogens is 463 g/mol. The average molecular weight is 495 g/mol. The number of ether oxygens (including phenoxy) is 3. The number of piperazine rings is 1. The Labute approximate surface area is 210 Å². The highest BCUT2D eigenvalue weighted by molar-refractivity contribution is 5.94. The van der Waals surface area contributed by atoms with Gasteiger partial charge in [-0.25, -0.2) is 9.07 Å². The van der Waals surface area contributed by atoms with Gasteiger partial charge in [-0.1, -0.05) is 6.07 Å². The van der Waals surface area contributed by atoms with Crippen molar-refractivity contribution in [3.05, 3.63) is 64.7 Å². The zero-order valence-corrected chi connectivity index (χ0v) is 20.9. The Bertz CT molecular complexity index is 1250. The monoisotopic (exact) mass is 494 g/mol. The van der Waals surface area contributed by atoms with E-state index in [1.54, 1.807) is 33.5 Å². The van der Waals surface area contributed by atoms with Crippen molar-refractivity contribution in [3.63, 3.8) is 0 Å². The lowest BCUT2D eigenvalue weighted by Crippen LogP contribution is -2.48. The first kappa shape index (κ1) is 24.1. The molecule has 0 bridgehead atoms. The molecule has 36 heavy (non-hydrogen) atoms. The SMILES string of the molecule is COc1ccc(CN2CCN(C(=O)c3nn(-c4ccc(F)cc4)c4c3CCC4)CC2)c(OC)c1OC. The van der Waals surface area contributed by atoms with E-state index in [0.717, 1.165) is 54.9 Å². The standard InChI is InChI=1S/C27H31FN4O4/c1-34-23-12-7-18(25(35-2)26(23)36-3)17-30-13-15-31(16-14-30)27(33)24-21-5-4-6-22(21)32(29-24)20-10-8-19(28)9-11-20/h7-12H,4-6,13-17H2,1-3H3. The predicted octanol–water partition coefficient (Wildman–Crippen LogP) is 3.48. The van der Waals surface area contributed by atoms with Gasteiger partial charge < -0.3 is 19.1 Å².